The smallest absolute Gasteiger partial charge is 0.303 e. The lowest BCUT2D eigenvalue weighted by Gasteiger charge is -2.50. The highest BCUT2D eigenvalue weighted by Gasteiger charge is 2.56. The zero-order chi connectivity index (χ0) is 38.0. The van der Waals surface area contributed by atoms with Gasteiger partial charge in [-0.25, -0.2) is 0 Å². The SMILES string of the molecule is CO[C@H]1[C@H](OCc2ccccc2)[C@@H](OCc2ccccc2)[C@@H](O[C@@H]2[C@@H](OC(C)=O)[C@@H]3OC(c4ccccc4)OC[C@H]3O[C@@H]2O)O[C@@H]1COCc1ccccc1. The summed E-state index contributed by atoms with van der Waals surface area (Å²) in [5.74, 6) is -0.588. The topological polar surface area (TPSA) is 130 Å². The third-order valence-corrected chi connectivity index (χ3v) is 9.79. The van der Waals surface area contributed by atoms with Gasteiger partial charge < -0.3 is 52.5 Å². The molecule has 12 heteroatoms. The summed E-state index contributed by atoms with van der Waals surface area (Å²) in [4.78, 5) is 12.7. The van der Waals surface area contributed by atoms with E-state index in [0.717, 1.165) is 22.3 Å². The highest BCUT2D eigenvalue weighted by atomic mass is 16.8. The fraction of sp³-hybridized carbons (Fsp3) is 0.419. The molecule has 0 bridgehead atoms. The van der Waals surface area contributed by atoms with Crippen LogP contribution < -0.4 is 0 Å². The van der Waals surface area contributed by atoms with Crippen LogP contribution in [0.15, 0.2) is 121 Å². The van der Waals surface area contributed by atoms with Gasteiger partial charge in [-0.1, -0.05) is 121 Å². The second-order valence-corrected chi connectivity index (χ2v) is 13.7. The van der Waals surface area contributed by atoms with E-state index in [1.807, 2.05) is 121 Å². The molecule has 1 unspecified atom stereocenters. The first-order chi connectivity index (χ1) is 27.0. The summed E-state index contributed by atoms with van der Waals surface area (Å²) in [5.41, 5.74) is 3.63. The zero-order valence-electron chi connectivity index (χ0n) is 30.9. The molecule has 3 heterocycles. The number of esters is 1. The highest BCUT2D eigenvalue weighted by Crippen LogP contribution is 2.38. The number of fused-ring (bicyclic) bond motifs is 1. The minimum Gasteiger partial charge on any atom is -0.457 e. The summed E-state index contributed by atoms with van der Waals surface area (Å²) in [7, 11) is 1.59. The molecule has 292 valence electrons. The largest absolute Gasteiger partial charge is 0.457 e. The number of rotatable bonds is 15. The lowest BCUT2D eigenvalue weighted by Crippen LogP contribution is -2.67. The monoisotopic (exact) mass is 756 g/mol. The molecular weight excluding hydrogens is 708 g/mol. The number of hydrogen-bond donors (Lipinski definition) is 1. The van der Waals surface area contributed by atoms with Gasteiger partial charge >= 0.3 is 5.97 Å². The van der Waals surface area contributed by atoms with Crippen LogP contribution in [0.3, 0.4) is 0 Å². The lowest BCUT2D eigenvalue weighted by atomic mass is 9.95. The Morgan fingerprint density at radius 1 is 0.673 bits per heavy atom. The quantitative estimate of drug-likeness (QED) is 0.159. The van der Waals surface area contributed by atoms with E-state index in [2.05, 4.69) is 0 Å². The van der Waals surface area contributed by atoms with Crippen molar-refractivity contribution < 1.29 is 57.3 Å². The third kappa shape index (κ3) is 10.0. The second kappa shape index (κ2) is 19.2. The van der Waals surface area contributed by atoms with Crippen LogP contribution in [-0.4, -0.2) is 92.8 Å². The van der Waals surface area contributed by atoms with Crippen molar-refractivity contribution in [3.05, 3.63) is 144 Å². The molecule has 11 atom stereocenters. The molecule has 0 aliphatic carbocycles. The number of ether oxygens (including phenoxy) is 10. The molecule has 4 aromatic rings. The molecule has 3 aliphatic rings. The molecule has 1 N–H and O–H groups in total. The normalized spacial score (nSPS) is 30.6. The molecule has 3 saturated heterocycles. The van der Waals surface area contributed by atoms with E-state index in [1.54, 1.807) is 7.11 Å². The summed E-state index contributed by atoms with van der Waals surface area (Å²) in [6.07, 6.45) is -10.5. The Hall–Kier alpha value is -4.05. The van der Waals surface area contributed by atoms with Gasteiger partial charge in [-0.05, 0) is 16.7 Å². The Kier molecular flexibility index (Phi) is 13.7. The maximum absolute atomic E-state index is 12.7. The molecule has 0 aromatic heterocycles. The number of benzene rings is 4. The third-order valence-electron chi connectivity index (χ3n) is 9.79. The predicted octanol–water partition coefficient (Wildman–Crippen LogP) is 5.26. The van der Waals surface area contributed by atoms with E-state index < -0.39 is 73.7 Å². The summed E-state index contributed by atoms with van der Waals surface area (Å²) < 4.78 is 63.3. The van der Waals surface area contributed by atoms with E-state index in [4.69, 9.17) is 47.4 Å². The van der Waals surface area contributed by atoms with E-state index in [-0.39, 0.29) is 26.4 Å². The number of carbonyl (C=O) groups excluding carboxylic acids is 1. The molecule has 0 amide bonds. The molecule has 3 aliphatic heterocycles. The first kappa shape index (κ1) is 39.2. The number of hydrogen-bond acceptors (Lipinski definition) is 12. The van der Waals surface area contributed by atoms with E-state index in [1.165, 1.54) is 6.92 Å². The fourth-order valence-electron chi connectivity index (χ4n) is 7.14. The zero-order valence-corrected chi connectivity index (χ0v) is 30.9. The van der Waals surface area contributed by atoms with Gasteiger partial charge in [0.15, 0.2) is 31.1 Å². The van der Waals surface area contributed by atoms with Crippen molar-refractivity contribution in [3.63, 3.8) is 0 Å². The Bertz CT molecular complexity index is 1730. The second-order valence-electron chi connectivity index (χ2n) is 13.7. The van der Waals surface area contributed by atoms with Gasteiger partial charge in [0.25, 0.3) is 0 Å². The summed E-state index contributed by atoms with van der Waals surface area (Å²) in [6.45, 7) is 2.25. The van der Waals surface area contributed by atoms with E-state index in [0.29, 0.717) is 6.61 Å². The standard InChI is InChI=1S/C43H48O12/c1-28(44)51-38-36-34(27-50-42(54-36)32-21-13-6-14-22-32)52-41(45)39(38)55-43-40(49-25-31-19-11-5-12-20-31)37(48-24-30-17-9-4-10-18-30)35(46-2)33(53-43)26-47-23-29-15-7-3-8-16-29/h3-22,33-43,45H,23-27H2,1-2H3/t33-,34-,35-,36-,37+,38+,39-,40-,41+,42?,43-/m1/s1. The molecule has 3 fully saturated rings. The lowest BCUT2D eigenvalue weighted by molar-refractivity contribution is -0.393. The van der Waals surface area contributed by atoms with Crippen molar-refractivity contribution in [2.45, 2.75) is 94.4 Å². The number of aliphatic hydroxyl groups is 1. The Balaban J connectivity index is 1.19. The number of aliphatic hydroxyl groups excluding tert-OH is 1. The molecular formula is C43H48O12. The minimum absolute atomic E-state index is 0.0836. The Morgan fingerprint density at radius 3 is 1.82 bits per heavy atom. The van der Waals surface area contributed by atoms with Gasteiger partial charge in [0.2, 0.25) is 0 Å². The molecule has 4 aromatic carbocycles. The Morgan fingerprint density at radius 2 is 1.24 bits per heavy atom. The Labute approximate surface area is 321 Å². The summed E-state index contributed by atoms with van der Waals surface area (Å²) in [5, 5.41) is 11.5. The van der Waals surface area contributed by atoms with Crippen molar-refractivity contribution in [3.8, 4) is 0 Å². The predicted molar refractivity (Wildman–Crippen MR) is 197 cm³/mol. The van der Waals surface area contributed by atoms with Crippen LogP contribution >= 0.6 is 0 Å². The van der Waals surface area contributed by atoms with Crippen LogP contribution in [0.25, 0.3) is 0 Å². The van der Waals surface area contributed by atoms with Crippen LogP contribution in [0.5, 0.6) is 0 Å². The first-order valence-electron chi connectivity index (χ1n) is 18.6. The molecule has 55 heavy (non-hydrogen) atoms. The van der Waals surface area contributed by atoms with Crippen molar-refractivity contribution >= 4 is 5.97 Å². The van der Waals surface area contributed by atoms with Crippen LogP contribution in [0.4, 0.5) is 0 Å². The van der Waals surface area contributed by atoms with Crippen LogP contribution in [0.2, 0.25) is 0 Å². The van der Waals surface area contributed by atoms with Crippen molar-refractivity contribution in [2.75, 3.05) is 20.3 Å². The molecule has 7 rings (SSSR count). The number of methoxy groups -OCH3 is 1. The molecule has 0 spiro atoms. The minimum atomic E-state index is -1.55. The van der Waals surface area contributed by atoms with Gasteiger partial charge in [-0.15, -0.1) is 0 Å². The average molecular weight is 757 g/mol. The van der Waals surface area contributed by atoms with Crippen molar-refractivity contribution in [2.24, 2.45) is 0 Å². The maximum atomic E-state index is 12.7. The molecule has 0 radical (unpaired) electrons. The van der Waals surface area contributed by atoms with E-state index >= 15 is 0 Å². The van der Waals surface area contributed by atoms with Crippen LogP contribution in [0.1, 0.15) is 35.5 Å². The van der Waals surface area contributed by atoms with Crippen LogP contribution in [0, 0.1) is 0 Å². The maximum Gasteiger partial charge on any atom is 0.303 e. The van der Waals surface area contributed by atoms with Gasteiger partial charge in [-0.2, -0.15) is 0 Å². The fourth-order valence-corrected chi connectivity index (χ4v) is 7.14. The summed E-state index contributed by atoms with van der Waals surface area (Å²) >= 11 is 0. The van der Waals surface area contributed by atoms with Gasteiger partial charge in [0, 0.05) is 19.6 Å². The highest BCUT2D eigenvalue weighted by molar-refractivity contribution is 5.66. The van der Waals surface area contributed by atoms with Gasteiger partial charge in [-0.3, -0.25) is 4.79 Å². The molecule has 0 saturated carbocycles. The van der Waals surface area contributed by atoms with E-state index in [9.17, 15) is 9.90 Å². The first-order valence-corrected chi connectivity index (χ1v) is 18.6. The summed E-state index contributed by atoms with van der Waals surface area (Å²) in [6, 6.07) is 38.7. The van der Waals surface area contributed by atoms with Gasteiger partial charge in [0.1, 0.15) is 36.6 Å². The molecule has 12 nitrogen and oxygen atoms in total. The van der Waals surface area contributed by atoms with Crippen molar-refractivity contribution in [1.29, 1.82) is 0 Å². The number of carbonyl (C=O) groups is 1. The van der Waals surface area contributed by atoms with Gasteiger partial charge in [0.05, 0.1) is 33.0 Å². The van der Waals surface area contributed by atoms with Crippen LogP contribution in [-0.2, 0) is 72.0 Å². The van der Waals surface area contributed by atoms with Crippen molar-refractivity contribution in [1.82, 2.24) is 0 Å². The average Bonchev–Trinajstić information content (AvgIpc) is 3.22.